The molecule has 57 heavy (non-hydrogen) atoms. The van der Waals surface area contributed by atoms with Crippen molar-refractivity contribution in [1.29, 1.82) is 0 Å². The summed E-state index contributed by atoms with van der Waals surface area (Å²) in [7, 11) is 0. The van der Waals surface area contributed by atoms with Gasteiger partial charge >= 0.3 is 0 Å². The molecule has 0 aliphatic heterocycles. The number of imidazole rings is 1. The zero-order valence-electron chi connectivity index (χ0n) is 33.7. The largest absolute Gasteiger partial charge is 0.507 e. The number of phenolic OH excluding ortho intramolecular Hbond substituents is 1. The summed E-state index contributed by atoms with van der Waals surface area (Å²) in [4.78, 5) is 10.5. The number of rotatable bonds is 5. The molecular formula is C53H47N3O. The molecule has 7 aromatic carbocycles. The van der Waals surface area contributed by atoms with Crippen LogP contribution in [-0.2, 0) is 10.8 Å². The van der Waals surface area contributed by atoms with Gasteiger partial charge in [0.25, 0.3) is 0 Å². The molecule has 4 nitrogen and oxygen atoms in total. The topological polar surface area (TPSA) is 50.9 Å². The summed E-state index contributed by atoms with van der Waals surface area (Å²) >= 11 is 0. The minimum absolute atomic E-state index is 0.0520. The van der Waals surface area contributed by atoms with Crippen LogP contribution in [0.1, 0.15) is 58.2 Å². The van der Waals surface area contributed by atoms with Crippen LogP contribution in [-0.4, -0.2) is 19.6 Å². The lowest BCUT2D eigenvalue weighted by Gasteiger charge is -2.22. The van der Waals surface area contributed by atoms with Crippen molar-refractivity contribution in [3.63, 3.8) is 0 Å². The summed E-state index contributed by atoms with van der Waals surface area (Å²) < 4.78 is 2.24. The van der Waals surface area contributed by atoms with Crippen molar-refractivity contribution in [3.8, 4) is 56.2 Å². The van der Waals surface area contributed by atoms with Crippen LogP contribution in [0.25, 0.3) is 83.2 Å². The highest BCUT2D eigenvalue weighted by molar-refractivity contribution is 6.01. The van der Waals surface area contributed by atoms with Gasteiger partial charge in [-0.25, -0.2) is 4.98 Å². The number of pyridine rings is 1. The van der Waals surface area contributed by atoms with E-state index in [1.165, 1.54) is 10.9 Å². The Bertz CT molecular complexity index is 3000. The maximum atomic E-state index is 11.6. The second-order valence-corrected chi connectivity index (χ2v) is 17.4. The molecule has 4 heteroatoms. The predicted octanol–water partition coefficient (Wildman–Crippen LogP) is 14.0. The van der Waals surface area contributed by atoms with Gasteiger partial charge in [-0.05, 0) is 128 Å². The molecule has 0 radical (unpaired) electrons. The Hall–Kier alpha value is -6.52. The van der Waals surface area contributed by atoms with Crippen molar-refractivity contribution >= 4 is 32.7 Å². The van der Waals surface area contributed by atoms with Gasteiger partial charge in [0, 0.05) is 28.4 Å². The van der Waals surface area contributed by atoms with Crippen molar-refractivity contribution in [2.24, 2.45) is 0 Å². The van der Waals surface area contributed by atoms with E-state index >= 15 is 0 Å². The average molecular weight is 742 g/mol. The van der Waals surface area contributed by atoms with Gasteiger partial charge in [-0.3, -0.25) is 9.55 Å². The Morgan fingerprint density at radius 3 is 1.91 bits per heavy atom. The Morgan fingerprint density at radius 1 is 0.491 bits per heavy atom. The van der Waals surface area contributed by atoms with Gasteiger partial charge in [0.1, 0.15) is 11.6 Å². The Morgan fingerprint density at radius 2 is 1.16 bits per heavy atom. The standard InChI is InChI=1S/C53H47N3O/c1-33-19-23-44(39-26-38(34-14-9-8-10-15-34)27-40(28-39)45-32-42(53(5,6)7)29-37-18-13-25-54-48(37)45)49-50(33)56(43-22-20-35-16-11-12-17-36(35)30-43)51(55-49)46-31-41(52(2,3)4)21-24-47(46)57/h8-32,57H,1-7H3. The van der Waals surface area contributed by atoms with Gasteiger partial charge in [-0.15, -0.1) is 0 Å². The number of fused-ring (bicyclic) bond motifs is 3. The normalized spacial score (nSPS) is 12.2. The van der Waals surface area contributed by atoms with Crippen LogP contribution in [0, 0.1) is 6.92 Å². The Labute approximate surface area is 335 Å². The number of phenols is 1. The van der Waals surface area contributed by atoms with Gasteiger partial charge in [-0.2, -0.15) is 0 Å². The lowest BCUT2D eigenvalue weighted by Crippen LogP contribution is -2.11. The number of aromatic nitrogens is 3. The monoisotopic (exact) mass is 741 g/mol. The smallest absolute Gasteiger partial charge is 0.149 e. The van der Waals surface area contributed by atoms with E-state index in [0.29, 0.717) is 11.4 Å². The first-order valence-electron chi connectivity index (χ1n) is 19.8. The average Bonchev–Trinajstić information content (AvgIpc) is 3.61. The fourth-order valence-electron chi connectivity index (χ4n) is 8.08. The minimum Gasteiger partial charge on any atom is -0.507 e. The quantitative estimate of drug-likeness (QED) is 0.191. The number of aryl methyl sites for hydroxylation is 1. The molecule has 9 rings (SSSR count). The molecule has 0 aliphatic carbocycles. The molecule has 0 amide bonds. The van der Waals surface area contributed by atoms with Crippen LogP contribution in [0.4, 0.5) is 0 Å². The van der Waals surface area contributed by atoms with E-state index in [2.05, 4.69) is 180 Å². The molecule has 0 aliphatic rings. The molecule has 0 saturated heterocycles. The van der Waals surface area contributed by atoms with E-state index in [0.717, 1.165) is 77.5 Å². The third-order valence-corrected chi connectivity index (χ3v) is 11.3. The second kappa shape index (κ2) is 13.6. The van der Waals surface area contributed by atoms with Crippen LogP contribution in [0.2, 0.25) is 0 Å². The second-order valence-electron chi connectivity index (χ2n) is 17.4. The van der Waals surface area contributed by atoms with E-state index in [4.69, 9.17) is 9.97 Å². The first-order valence-corrected chi connectivity index (χ1v) is 19.8. The lowest BCUT2D eigenvalue weighted by molar-refractivity contribution is 0.475. The number of aromatic hydroxyl groups is 1. The molecule has 280 valence electrons. The molecule has 0 spiro atoms. The van der Waals surface area contributed by atoms with Crippen LogP contribution in [0.3, 0.4) is 0 Å². The molecule has 9 aromatic rings. The Kier molecular flexibility index (Phi) is 8.62. The van der Waals surface area contributed by atoms with E-state index in [1.54, 1.807) is 0 Å². The van der Waals surface area contributed by atoms with Crippen LogP contribution in [0.15, 0.2) is 152 Å². The predicted molar refractivity (Wildman–Crippen MR) is 239 cm³/mol. The zero-order chi connectivity index (χ0) is 39.6. The van der Waals surface area contributed by atoms with Gasteiger partial charge in [0.15, 0.2) is 0 Å². The van der Waals surface area contributed by atoms with Crippen molar-refractivity contribution in [2.45, 2.75) is 59.3 Å². The Balaban J connectivity index is 1.37. The maximum Gasteiger partial charge on any atom is 0.149 e. The maximum absolute atomic E-state index is 11.6. The summed E-state index contributed by atoms with van der Waals surface area (Å²) in [6, 6.07) is 51.6. The fraction of sp³-hybridized carbons (Fsp3) is 0.170. The third kappa shape index (κ3) is 6.55. The molecule has 2 aromatic heterocycles. The summed E-state index contributed by atoms with van der Waals surface area (Å²) in [5.41, 5.74) is 14.4. The van der Waals surface area contributed by atoms with Crippen molar-refractivity contribution < 1.29 is 5.11 Å². The van der Waals surface area contributed by atoms with Crippen LogP contribution < -0.4 is 0 Å². The summed E-state index contributed by atoms with van der Waals surface area (Å²) in [5, 5.41) is 15.0. The molecule has 2 heterocycles. The van der Waals surface area contributed by atoms with E-state index in [9.17, 15) is 5.11 Å². The van der Waals surface area contributed by atoms with Gasteiger partial charge in [-0.1, -0.05) is 126 Å². The van der Waals surface area contributed by atoms with Gasteiger partial charge in [0.2, 0.25) is 0 Å². The third-order valence-electron chi connectivity index (χ3n) is 11.3. The minimum atomic E-state index is -0.124. The van der Waals surface area contributed by atoms with E-state index < -0.39 is 0 Å². The highest BCUT2D eigenvalue weighted by atomic mass is 16.3. The molecule has 0 unspecified atom stereocenters. The molecule has 1 N–H and O–H groups in total. The lowest BCUT2D eigenvalue weighted by atomic mass is 9.83. The first kappa shape index (κ1) is 36.1. The van der Waals surface area contributed by atoms with E-state index in [1.807, 2.05) is 24.4 Å². The number of hydrogen-bond donors (Lipinski definition) is 1. The number of benzene rings is 7. The van der Waals surface area contributed by atoms with Crippen molar-refractivity contribution in [2.75, 3.05) is 0 Å². The van der Waals surface area contributed by atoms with Crippen LogP contribution in [0.5, 0.6) is 5.75 Å². The van der Waals surface area contributed by atoms with Crippen LogP contribution >= 0.6 is 0 Å². The molecule has 0 fully saturated rings. The highest BCUT2D eigenvalue weighted by Gasteiger charge is 2.25. The van der Waals surface area contributed by atoms with E-state index in [-0.39, 0.29) is 16.6 Å². The first-order chi connectivity index (χ1) is 27.3. The van der Waals surface area contributed by atoms with Gasteiger partial charge in [0.05, 0.1) is 22.1 Å². The number of nitrogens with zero attached hydrogens (tertiary/aromatic N) is 3. The zero-order valence-corrected chi connectivity index (χ0v) is 33.7. The SMILES string of the molecule is Cc1ccc(-c2cc(-c3ccccc3)cc(-c3cc(C(C)(C)C)cc4cccnc34)c2)c2nc(-c3cc(C(C)(C)C)ccc3O)n(-c3ccc4ccccc4c3)c12. The number of hydrogen-bond acceptors (Lipinski definition) is 3. The molecular weight excluding hydrogens is 695 g/mol. The summed E-state index contributed by atoms with van der Waals surface area (Å²) in [6.07, 6.45) is 1.89. The summed E-state index contributed by atoms with van der Waals surface area (Å²) in [5.74, 6) is 0.901. The van der Waals surface area contributed by atoms with Crippen molar-refractivity contribution in [3.05, 3.63) is 168 Å². The fourth-order valence-corrected chi connectivity index (χ4v) is 8.08. The highest BCUT2D eigenvalue weighted by Crippen LogP contribution is 2.43. The van der Waals surface area contributed by atoms with Crippen molar-refractivity contribution in [1.82, 2.24) is 14.5 Å². The van der Waals surface area contributed by atoms with Gasteiger partial charge < -0.3 is 5.11 Å². The molecule has 0 atom stereocenters. The molecule has 0 saturated carbocycles. The molecule has 0 bridgehead atoms. The summed E-state index contributed by atoms with van der Waals surface area (Å²) in [6.45, 7) is 15.5.